The van der Waals surface area contributed by atoms with E-state index >= 15 is 0 Å². The zero-order chi connectivity index (χ0) is 4.12. The molecule has 0 aromatic rings. The SMILES string of the molecule is [C]CC=CC. The van der Waals surface area contributed by atoms with Crippen LogP contribution in [0.2, 0.25) is 0 Å². The van der Waals surface area contributed by atoms with Crippen LogP contribution in [-0.4, -0.2) is 0 Å². The Kier molecular flexibility index (Phi) is 3.55. The predicted octanol–water partition coefficient (Wildman–Crippen LogP) is 1.54. The maximum absolute atomic E-state index is 6.52. The van der Waals surface area contributed by atoms with Gasteiger partial charge in [0, 0.05) is 0 Å². The van der Waals surface area contributed by atoms with Crippen LogP contribution in [0.15, 0.2) is 12.2 Å². The molecule has 0 rings (SSSR count). The van der Waals surface area contributed by atoms with Gasteiger partial charge in [-0.1, -0.05) is 12.2 Å². The minimum atomic E-state index is 0.413. The highest BCUT2D eigenvalue weighted by Gasteiger charge is 1.53. The van der Waals surface area contributed by atoms with E-state index in [1.54, 1.807) is 6.08 Å². The fourth-order valence-corrected chi connectivity index (χ4v) is 0.118. The zero-order valence-corrected chi connectivity index (χ0v) is 3.36. The minimum absolute atomic E-state index is 0.413. The molecule has 0 aromatic heterocycles. The van der Waals surface area contributed by atoms with Crippen molar-refractivity contribution in [2.75, 3.05) is 0 Å². The van der Waals surface area contributed by atoms with Gasteiger partial charge in [-0.2, -0.15) is 0 Å². The Morgan fingerprint density at radius 3 is 2.40 bits per heavy atom. The summed E-state index contributed by atoms with van der Waals surface area (Å²) >= 11 is 0. The third-order valence-electron chi connectivity index (χ3n) is 0.354. The quantitative estimate of drug-likeness (QED) is 0.408. The number of allylic oxidation sites excluding steroid dienone is 2. The van der Waals surface area contributed by atoms with Crippen molar-refractivity contribution in [1.82, 2.24) is 0 Å². The van der Waals surface area contributed by atoms with Crippen LogP contribution in [0, 0.1) is 6.92 Å². The lowest BCUT2D eigenvalue weighted by molar-refractivity contribution is 1.39. The van der Waals surface area contributed by atoms with Crippen LogP contribution in [0.1, 0.15) is 13.3 Å². The highest BCUT2D eigenvalue weighted by atomic mass is 13.6. The summed E-state index contributed by atoms with van der Waals surface area (Å²) in [7, 11) is 0. The number of hydrogen-bond donors (Lipinski definition) is 0. The van der Waals surface area contributed by atoms with Gasteiger partial charge in [0.05, 0.1) is 0 Å². The first kappa shape index (κ1) is 4.74. The van der Waals surface area contributed by atoms with Crippen LogP contribution < -0.4 is 0 Å². The molecule has 0 heterocycles. The third kappa shape index (κ3) is 3.74. The van der Waals surface area contributed by atoms with Crippen molar-refractivity contribution in [2.45, 2.75) is 13.3 Å². The van der Waals surface area contributed by atoms with Crippen molar-refractivity contribution < 1.29 is 0 Å². The Balaban J connectivity index is 2.62. The van der Waals surface area contributed by atoms with E-state index in [2.05, 4.69) is 0 Å². The third-order valence-corrected chi connectivity index (χ3v) is 0.354. The summed E-state index contributed by atoms with van der Waals surface area (Å²) in [6, 6.07) is 0. The van der Waals surface area contributed by atoms with Gasteiger partial charge in [-0.15, -0.1) is 0 Å². The maximum atomic E-state index is 6.52. The minimum Gasteiger partial charge on any atom is -0.0916 e. The van der Waals surface area contributed by atoms with Gasteiger partial charge in [0.2, 0.25) is 0 Å². The van der Waals surface area contributed by atoms with E-state index in [1.807, 2.05) is 13.0 Å². The Hall–Kier alpha value is -0.260. The van der Waals surface area contributed by atoms with E-state index in [1.165, 1.54) is 0 Å². The van der Waals surface area contributed by atoms with Gasteiger partial charge in [-0.25, -0.2) is 0 Å². The van der Waals surface area contributed by atoms with E-state index in [0.717, 1.165) is 0 Å². The Morgan fingerprint density at radius 2 is 2.40 bits per heavy atom. The molecule has 0 amide bonds. The number of rotatable bonds is 1. The summed E-state index contributed by atoms with van der Waals surface area (Å²) in [6.45, 7) is 8.43. The van der Waals surface area contributed by atoms with Crippen LogP contribution in [0.3, 0.4) is 0 Å². The fraction of sp³-hybridized carbons (Fsp3) is 0.400. The van der Waals surface area contributed by atoms with Crippen LogP contribution in [-0.2, 0) is 0 Å². The van der Waals surface area contributed by atoms with Crippen molar-refractivity contribution >= 4 is 0 Å². The molecule has 0 unspecified atom stereocenters. The molecule has 0 aliphatic rings. The van der Waals surface area contributed by atoms with Gasteiger partial charge in [0.15, 0.2) is 0 Å². The molecule has 0 fully saturated rings. The van der Waals surface area contributed by atoms with Crippen molar-refractivity contribution in [3.63, 3.8) is 0 Å². The van der Waals surface area contributed by atoms with Crippen LogP contribution in [0.4, 0.5) is 0 Å². The summed E-state index contributed by atoms with van der Waals surface area (Å²) in [5, 5.41) is 0. The van der Waals surface area contributed by atoms with Crippen molar-refractivity contribution in [3.05, 3.63) is 19.1 Å². The molecule has 0 heteroatoms. The van der Waals surface area contributed by atoms with Gasteiger partial charge < -0.3 is 0 Å². The van der Waals surface area contributed by atoms with Crippen LogP contribution in [0.25, 0.3) is 0 Å². The molecule has 0 spiro atoms. The maximum Gasteiger partial charge on any atom is -0.00496 e. The molecule has 0 atom stereocenters. The fourth-order valence-electron chi connectivity index (χ4n) is 0.118. The summed E-state index contributed by atoms with van der Waals surface area (Å²) in [6.07, 6.45) is 4.07. The van der Waals surface area contributed by atoms with Gasteiger partial charge in [-0.05, 0) is 20.3 Å². The standard InChI is InChI=1S/C5H7/c1-3-5-4-2/h3,5H,4H2,1H3. The van der Waals surface area contributed by atoms with E-state index in [9.17, 15) is 0 Å². The lowest BCUT2D eigenvalue weighted by Gasteiger charge is -1.64. The summed E-state index contributed by atoms with van der Waals surface area (Å²) in [4.78, 5) is 0. The molecule has 5 heavy (non-hydrogen) atoms. The van der Waals surface area contributed by atoms with Gasteiger partial charge in [0.1, 0.15) is 0 Å². The lowest BCUT2D eigenvalue weighted by Crippen LogP contribution is -1.44. The topological polar surface area (TPSA) is 0 Å². The monoisotopic (exact) mass is 67.1 g/mol. The zero-order valence-electron chi connectivity index (χ0n) is 3.36. The second kappa shape index (κ2) is 3.74. The average molecular weight is 67.1 g/mol. The van der Waals surface area contributed by atoms with Gasteiger partial charge in [0.25, 0.3) is 0 Å². The molecule has 0 aliphatic heterocycles. The Morgan fingerprint density at radius 1 is 1.80 bits per heavy atom. The van der Waals surface area contributed by atoms with E-state index in [4.69, 9.17) is 6.92 Å². The molecular formula is C5H7. The molecule has 0 nitrogen and oxygen atoms in total. The first-order chi connectivity index (χ1) is 2.41. The molecule has 0 bridgehead atoms. The molecule has 0 aliphatic carbocycles. The second-order valence-electron chi connectivity index (χ2n) is 0.773. The largest absolute Gasteiger partial charge is 0.0916 e. The second-order valence-corrected chi connectivity index (χ2v) is 0.773. The molecule has 0 aromatic carbocycles. The van der Waals surface area contributed by atoms with Crippen molar-refractivity contribution in [2.24, 2.45) is 0 Å². The molecule has 27 valence electrons. The summed E-state index contributed by atoms with van der Waals surface area (Å²) < 4.78 is 0. The molecule has 0 saturated carbocycles. The normalized spacial score (nSPS) is 10.0. The highest BCUT2D eigenvalue weighted by molar-refractivity contribution is 4.76. The first-order valence-electron chi connectivity index (χ1n) is 1.67. The molecule has 0 saturated heterocycles. The van der Waals surface area contributed by atoms with E-state index in [-0.39, 0.29) is 0 Å². The Bertz CT molecular complexity index is 27.0. The average Bonchev–Trinajstić information content (AvgIpc) is 1.41. The summed E-state index contributed by atoms with van der Waals surface area (Å²) in [5.74, 6) is 0. The van der Waals surface area contributed by atoms with Gasteiger partial charge >= 0.3 is 0 Å². The lowest BCUT2D eigenvalue weighted by atomic mass is 10.4. The van der Waals surface area contributed by atoms with Crippen molar-refractivity contribution in [1.29, 1.82) is 0 Å². The van der Waals surface area contributed by atoms with E-state index < -0.39 is 0 Å². The van der Waals surface area contributed by atoms with Crippen LogP contribution >= 0.6 is 0 Å². The first-order valence-corrected chi connectivity index (χ1v) is 1.67. The molecule has 3 radical (unpaired) electrons. The number of hydrogen-bond acceptors (Lipinski definition) is 0. The van der Waals surface area contributed by atoms with Gasteiger partial charge in [-0.3, -0.25) is 0 Å². The molecule has 0 N–H and O–H groups in total. The van der Waals surface area contributed by atoms with Crippen LogP contribution in [0.5, 0.6) is 0 Å². The van der Waals surface area contributed by atoms with Crippen molar-refractivity contribution in [3.8, 4) is 0 Å². The smallest absolute Gasteiger partial charge is 0.00496 e. The van der Waals surface area contributed by atoms with E-state index in [0.29, 0.717) is 6.42 Å². The summed E-state index contributed by atoms with van der Waals surface area (Å²) in [5.41, 5.74) is 0. The predicted molar refractivity (Wildman–Crippen MR) is 22.7 cm³/mol. The highest BCUT2D eigenvalue weighted by Crippen LogP contribution is 1.72. The molecular weight excluding hydrogens is 60.1 g/mol. The Labute approximate surface area is 33.5 Å².